The zero-order chi connectivity index (χ0) is 16.9. The summed E-state index contributed by atoms with van der Waals surface area (Å²) < 4.78 is 1.04. The van der Waals surface area contributed by atoms with Crippen LogP contribution in [0.3, 0.4) is 0 Å². The average molecular weight is 424 g/mol. The van der Waals surface area contributed by atoms with E-state index in [1.807, 2.05) is 31.3 Å². The molecule has 0 saturated heterocycles. The molecule has 0 radical (unpaired) electrons. The summed E-state index contributed by atoms with van der Waals surface area (Å²) >= 11 is 3.42. The Morgan fingerprint density at radius 1 is 1.20 bits per heavy atom. The van der Waals surface area contributed by atoms with Crippen LogP contribution in [0.2, 0.25) is 0 Å². The second-order valence-corrected chi connectivity index (χ2v) is 7.41. The Morgan fingerprint density at radius 2 is 1.92 bits per heavy atom. The van der Waals surface area contributed by atoms with Crippen LogP contribution in [0.4, 0.5) is 0 Å². The molecule has 1 N–H and O–H groups in total. The van der Waals surface area contributed by atoms with E-state index in [9.17, 15) is 4.79 Å². The summed E-state index contributed by atoms with van der Waals surface area (Å²) in [5.41, 5.74) is 3.87. The maximum absolute atomic E-state index is 12.3. The zero-order valence-corrected chi connectivity index (χ0v) is 16.8. The van der Waals surface area contributed by atoms with Crippen molar-refractivity contribution in [2.75, 3.05) is 26.7 Å². The number of halogens is 2. The van der Waals surface area contributed by atoms with Crippen LogP contribution < -0.4 is 5.32 Å². The van der Waals surface area contributed by atoms with Gasteiger partial charge < -0.3 is 5.32 Å². The van der Waals surface area contributed by atoms with Crippen molar-refractivity contribution in [1.29, 1.82) is 0 Å². The maximum atomic E-state index is 12.3. The van der Waals surface area contributed by atoms with Gasteiger partial charge in [0, 0.05) is 23.5 Å². The first-order chi connectivity index (χ1) is 11.6. The van der Waals surface area contributed by atoms with Crippen LogP contribution in [0.25, 0.3) is 0 Å². The third-order valence-corrected chi connectivity index (χ3v) is 5.00. The van der Waals surface area contributed by atoms with Gasteiger partial charge in [-0.15, -0.1) is 12.4 Å². The topological polar surface area (TPSA) is 32.3 Å². The summed E-state index contributed by atoms with van der Waals surface area (Å²) in [4.78, 5) is 14.4. The van der Waals surface area contributed by atoms with Crippen molar-refractivity contribution in [3.63, 3.8) is 0 Å². The predicted octanol–water partition coefficient (Wildman–Crippen LogP) is 3.80. The Labute approximate surface area is 164 Å². The third kappa shape index (κ3) is 5.65. The molecule has 0 bridgehead atoms. The van der Waals surface area contributed by atoms with E-state index in [-0.39, 0.29) is 18.2 Å². The van der Waals surface area contributed by atoms with E-state index in [4.69, 9.17) is 0 Å². The number of carbonyl (C=O) groups is 1. The SMILES string of the molecule is CN(CC(=O)Cc1ccc(Br)cc1)CC1NCCc2ccccc21.Cl. The van der Waals surface area contributed by atoms with E-state index < -0.39 is 0 Å². The smallest absolute Gasteiger partial charge is 0.151 e. The maximum Gasteiger partial charge on any atom is 0.151 e. The van der Waals surface area contributed by atoms with E-state index in [2.05, 4.69) is 50.4 Å². The molecule has 3 nitrogen and oxygen atoms in total. The van der Waals surface area contributed by atoms with Crippen molar-refractivity contribution >= 4 is 34.1 Å². The summed E-state index contributed by atoms with van der Waals surface area (Å²) in [5.74, 6) is 0.254. The number of likely N-dealkylation sites (N-methyl/N-ethyl adjacent to an activating group) is 1. The number of hydrogen-bond donors (Lipinski definition) is 1. The fourth-order valence-corrected chi connectivity index (χ4v) is 3.58. The Balaban J connectivity index is 0.00000225. The first kappa shape index (κ1) is 20.1. The molecule has 0 aromatic heterocycles. The Kier molecular flexibility index (Phi) is 7.63. The number of ketones is 1. The van der Waals surface area contributed by atoms with Gasteiger partial charge in [-0.3, -0.25) is 9.69 Å². The Morgan fingerprint density at radius 3 is 2.68 bits per heavy atom. The largest absolute Gasteiger partial charge is 0.309 e. The lowest BCUT2D eigenvalue weighted by Gasteiger charge is -2.30. The molecular weight excluding hydrogens is 400 g/mol. The molecule has 2 aromatic carbocycles. The third-order valence-electron chi connectivity index (χ3n) is 4.47. The highest BCUT2D eigenvalue weighted by molar-refractivity contribution is 9.10. The molecule has 3 rings (SSSR count). The molecule has 5 heteroatoms. The molecule has 0 saturated carbocycles. The average Bonchev–Trinajstić information content (AvgIpc) is 2.57. The number of carbonyl (C=O) groups excluding carboxylic acids is 1. The van der Waals surface area contributed by atoms with Crippen LogP contribution in [0.15, 0.2) is 53.0 Å². The monoisotopic (exact) mass is 422 g/mol. The van der Waals surface area contributed by atoms with Crippen LogP contribution in [0.5, 0.6) is 0 Å². The van der Waals surface area contributed by atoms with Crippen molar-refractivity contribution in [2.24, 2.45) is 0 Å². The molecule has 2 aromatic rings. The molecule has 0 spiro atoms. The minimum atomic E-state index is 0. The van der Waals surface area contributed by atoms with Gasteiger partial charge in [0.25, 0.3) is 0 Å². The molecule has 1 aliphatic heterocycles. The van der Waals surface area contributed by atoms with E-state index in [0.717, 1.165) is 29.5 Å². The standard InChI is InChI=1S/C20H23BrN2O.ClH/c1-23(13-18(24)12-15-6-8-17(21)9-7-15)14-20-19-5-3-2-4-16(19)10-11-22-20;/h2-9,20,22H,10-14H2,1H3;1H. The second-order valence-electron chi connectivity index (χ2n) is 6.49. The van der Waals surface area contributed by atoms with Crippen molar-refractivity contribution in [3.05, 3.63) is 69.7 Å². The molecule has 1 atom stereocenters. The highest BCUT2D eigenvalue weighted by Crippen LogP contribution is 2.23. The summed E-state index contributed by atoms with van der Waals surface area (Å²) in [6.07, 6.45) is 1.57. The first-order valence-electron chi connectivity index (χ1n) is 8.37. The van der Waals surface area contributed by atoms with Gasteiger partial charge in [0.2, 0.25) is 0 Å². The number of hydrogen-bond acceptors (Lipinski definition) is 3. The van der Waals surface area contributed by atoms with E-state index in [1.54, 1.807) is 0 Å². The molecule has 25 heavy (non-hydrogen) atoms. The molecular formula is C20H24BrClN2O. The Hall–Kier alpha value is -1.20. The lowest BCUT2D eigenvalue weighted by Crippen LogP contribution is -2.39. The van der Waals surface area contributed by atoms with Crippen LogP contribution in [-0.2, 0) is 17.6 Å². The Bertz CT molecular complexity index is 705. The predicted molar refractivity (Wildman–Crippen MR) is 108 cm³/mol. The number of rotatable bonds is 6. The van der Waals surface area contributed by atoms with E-state index >= 15 is 0 Å². The summed E-state index contributed by atoms with van der Waals surface area (Å²) in [5, 5.41) is 3.58. The normalized spacial score (nSPS) is 16.2. The molecule has 0 fully saturated rings. The highest BCUT2D eigenvalue weighted by atomic mass is 79.9. The van der Waals surface area contributed by atoms with Gasteiger partial charge in [0.05, 0.1) is 6.54 Å². The lowest BCUT2D eigenvalue weighted by atomic mass is 9.94. The summed E-state index contributed by atoms with van der Waals surface area (Å²) in [6.45, 7) is 2.34. The second kappa shape index (κ2) is 9.48. The van der Waals surface area contributed by atoms with Crippen LogP contribution in [-0.4, -0.2) is 37.4 Å². The minimum Gasteiger partial charge on any atom is -0.309 e. The zero-order valence-electron chi connectivity index (χ0n) is 14.4. The summed E-state index contributed by atoms with van der Waals surface area (Å²) in [6, 6.07) is 16.9. The molecule has 1 heterocycles. The van der Waals surface area contributed by atoms with E-state index in [1.165, 1.54) is 11.1 Å². The minimum absolute atomic E-state index is 0. The van der Waals surface area contributed by atoms with Crippen LogP contribution in [0.1, 0.15) is 22.7 Å². The summed E-state index contributed by atoms with van der Waals surface area (Å²) in [7, 11) is 2.03. The van der Waals surface area contributed by atoms with Gasteiger partial charge in [0.15, 0.2) is 5.78 Å². The fourth-order valence-electron chi connectivity index (χ4n) is 3.32. The van der Waals surface area contributed by atoms with Crippen molar-refractivity contribution in [3.8, 4) is 0 Å². The van der Waals surface area contributed by atoms with Gasteiger partial charge in [-0.05, 0) is 48.8 Å². The van der Waals surface area contributed by atoms with E-state index in [0.29, 0.717) is 19.0 Å². The number of nitrogens with one attached hydrogen (secondary N) is 1. The fraction of sp³-hybridized carbons (Fsp3) is 0.350. The van der Waals surface area contributed by atoms with Gasteiger partial charge in [-0.25, -0.2) is 0 Å². The highest BCUT2D eigenvalue weighted by Gasteiger charge is 2.21. The quantitative estimate of drug-likeness (QED) is 0.767. The molecule has 0 aliphatic carbocycles. The molecule has 1 unspecified atom stereocenters. The van der Waals surface area contributed by atoms with Gasteiger partial charge >= 0.3 is 0 Å². The van der Waals surface area contributed by atoms with Crippen LogP contribution >= 0.6 is 28.3 Å². The molecule has 134 valence electrons. The number of nitrogens with zero attached hydrogens (tertiary/aromatic N) is 1. The van der Waals surface area contributed by atoms with Crippen molar-refractivity contribution in [1.82, 2.24) is 10.2 Å². The van der Waals surface area contributed by atoms with Gasteiger partial charge in [0.1, 0.15) is 0 Å². The number of Topliss-reactive ketones (excluding diaryl/α,β-unsaturated/α-hetero) is 1. The molecule has 1 aliphatic rings. The number of benzene rings is 2. The van der Waals surface area contributed by atoms with Crippen LogP contribution in [0, 0.1) is 0 Å². The van der Waals surface area contributed by atoms with Crippen molar-refractivity contribution < 1.29 is 4.79 Å². The van der Waals surface area contributed by atoms with Gasteiger partial charge in [-0.2, -0.15) is 0 Å². The van der Waals surface area contributed by atoms with Crippen molar-refractivity contribution in [2.45, 2.75) is 18.9 Å². The molecule has 0 amide bonds. The first-order valence-corrected chi connectivity index (χ1v) is 9.17. The number of fused-ring (bicyclic) bond motifs is 1. The van der Waals surface area contributed by atoms with Gasteiger partial charge in [-0.1, -0.05) is 52.3 Å². The lowest BCUT2D eigenvalue weighted by molar-refractivity contribution is -0.119.